The van der Waals surface area contributed by atoms with E-state index in [1.807, 2.05) is 10.8 Å². The lowest BCUT2D eigenvalue weighted by Crippen LogP contribution is -2.02. The minimum absolute atomic E-state index is 0.756. The molecule has 1 aromatic rings. The Morgan fingerprint density at radius 1 is 1.60 bits per heavy atom. The summed E-state index contributed by atoms with van der Waals surface area (Å²) in [6.45, 7) is 1.66. The average molecular weight is 252 g/mol. The van der Waals surface area contributed by atoms with Gasteiger partial charge in [0, 0.05) is 18.9 Å². The minimum Gasteiger partial charge on any atom is -0.369 e. The van der Waals surface area contributed by atoms with E-state index in [0.29, 0.717) is 0 Å². The van der Waals surface area contributed by atoms with Crippen molar-refractivity contribution < 1.29 is 4.74 Å². The molecule has 3 nitrogen and oxygen atoms in total. The first-order valence-electron chi connectivity index (χ1n) is 3.03. The molecule has 0 saturated heterocycles. The highest BCUT2D eigenvalue weighted by Crippen LogP contribution is 1.88. The number of hydrogen-bond donors (Lipinski definition) is 0. The second-order valence-corrected chi connectivity index (χ2v) is 2.44. The van der Waals surface area contributed by atoms with Gasteiger partial charge < -0.3 is 9.30 Å². The third-order valence-corrected chi connectivity index (χ3v) is 1.57. The monoisotopic (exact) mass is 252 g/mol. The highest BCUT2D eigenvalue weighted by molar-refractivity contribution is 14.1. The van der Waals surface area contributed by atoms with Gasteiger partial charge in [-0.15, -0.1) is 0 Å². The molecule has 10 heavy (non-hydrogen) atoms. The zero-order chi connectivity index (χ0) is 7.23. The first-order valence-corrected chi connectivity index (χ1v) is 4.55. The number of ether oxygens (including phenoxy) is 1. The Hall–Kier alpha value is -0.100. The minimum atomic E-state index is 0.756. The molecule has 1 aromatic heterocycles. The first kappa shape index (κ1) is 8.00. The fraction of sp³-hybridized carbons (Fsp3) is 0.500. The zero-order valence-electron chi connectivity index (χ0n) is 5.53. The number of halogens is 1. The standard InChI is InChI=1S/C6H9IN2O/c7-5-10-4-3-9-2-1-8-6-9/h1-2,6H,3-5H2. The first-order chi connectivity index (χ1) is 4.93. The second kappa shape index (κ2) is 4.68. The molecule has 0 aliphatic carbocycles. The van der Waals surface area contributed by atoms with Crippen LogP contribution in [0.25, 0.3) is 0 Å². The van der Waals surface area contributed by atoms with Gasteiger partial charge >= 0.3 is 0 Å². The molecule has 0 radical (unpaired) electrons. The molecule has 56 valence electrons. The maximum Gasteiger partial charge on any atom is 0.0980 e. The van der Waals surface area contributed by atoms with E-state index in [-0.39, 0.29) is 0 Å². The Morgan fingerprint density at radius 3 is 3.10 bits per heavy atom. The van der Waals surface area contributed by atoms with E-state index in [0.717, 1.165) is 17.8 Å². The molecule has 0 aromatic carbocycles. The molecule has 0 bridgehead atoms. The van der Waals surface area contributed by atoms with E-state index in [1.54, 1.807) is 12.5 Å². The summed E-state index contributed by atoms with van der Waals surface area (Å²) in [6.07, 6.45) is 5.48. The fourth-order valence-electron chi connectivity index (χ4n) is 0.644. The molecule has 0 aliphatic heterocycles. The molecule has 0 aliphatic rings. The molecule has 0 atom stereocenters. The van der Waals surface area contributed by atoms with Gasteiger partial charge in [-0.1, -0.05) is 22.6 Å². The molecular weight excluding hydrogens is 243 g/mol. The Morgan fingerprint density at radius 2 is 2.50 bits per heavy atom. The largest absolute Gasteiger partial charge is 0.369 e. The van der Waals surface area contributed by atoms with Crippen molar-refractivity contribution in [1.29, 1.82) is 0 Å². The molecule has 1 rings (SSSR count). The topological polar surface area (TPSA) is 27.1 Å². The van der Waals surface area contributed by atoms with Crippen molar-refractivity contribution in [2.45, 2.75) is 6.54 Å². The second-order valence-electron chi connectivity index (χ2n) is 1.82. The van der Waals surface area contributed by atoms with E-state index in [2.05, 4.69) is 27.6 Å². The maximum absolute atomic E-state index is 5.14. The van der Waals surface area contributed by atoms with Crippen molar-refractivity contribution in [3.8, 4) is 0 Å². The van der Waals surface area contributed by atoms with Crippen LogP contribution in [0.5, 0.6) is 0 Å². The summed E-state index contributed by atoms with van der Waals surface area (Å²) >= 11 is 2.18. The molecule has 0 spiro atoms. The van der Waals surface area contributed by atoms with Crippen molar-refractivity contribution in [2.75, 3.05) is 11.2 Å². The molecule has 0 unspecified atom stereocenters. The van der Waals surface area contributed by atoms with Gasteiger partial charge in [0.2, 0.25) is 0 Å². The van der Waals surface area contributed by atoms with Gasteiger partial charge in [0.05, 0.1) is 17.5 Å². The van der Waals surface area contributed by atoms with E-state index >= 15 is 0 Å². The SMILES string of the molecule is ICOCCn1ccnc1. The summed E-state index contributed by atoms with van der Waals surface area (Å²) in [5, 5.41) is 0. The van der Waals surface area contributed by atoms with E-state index in [9.17, 15) is 0 Å². The van der Waals surface area contributed by atoms with Crippen molar-refractivity contribution in [2.24, 2.45) is 0 Å². The Bertz CT molecular complexity index is 164. The number of alkyl halides is 1. The Balaban J connectivity index is 2.15. The molecule has 0 saturated carbocycles. The van der Waals surface area contributed by atoms with E-state index in [1.165, 1.54) is 0 Å². The quantitative estimate of drug-likeness (QED) is 0.458. The number of rotatable bonds is 4. The summed E-state index contributed by atoms with van der Waals surface area (Å²) in [5.41, 5.74) is 0. The van der Waals surface area contributed by atoms with Crippen LogP contribution >= 0.6 is 22.6 Å². The average Bonchev–Trinajstić information content (AvgIpc) is 2.41. The summed E-state index contributed by atoms with van der Waals surface area (Å²) in [6, 6.07) is 0. The molecule has 0 fully saturated rings. The number of nitrogens with zero attached hydrogens (tertiary/aromatic N) is 2. The van der Waals surface area contributed by atoms with Crippen LogP contribution < -0.4 is 0 Å². The van der Waals surface area contributed by atoms with Gasteiger partial charge in [0.1, 0.15) is 0 Å². The molecule has 1 heterocycles. The number of aromatic nitrogens is 2. The molecule has 4 heteroatoms. The molecule has 0 N–H and O–H groups in total. The molecular formula is C6H9IN2O. The highest BCUT2D eigenvalue weighted by atomic mass is 127. The van der Waals surface area contributed by atoms with Gasteiger partial charge in [0.15, 0.2) is 0 Å². The lowest BCUT2D eigenvalue weighted by atomic mass is 10.7. The van der Waals surface area contributed by atoms with Gasteiger partial charge in [0.25, 0.3) is 0 Å². The van der Waals surface area contributed by atoms with Crippen LogP contribution in [0.2, 0.25) is 0 Å². The van der Waals surface area contributed by atoms with Crippen LogP contribution in [0.15, 0.2) is 18.7 Å². The van der Waals surface area contributed by atoms with Gasteiger partial charge in [-0.2, -0.15) is 0 Å². The summed E-state index contributed by atoms with van der Waals surface area (Å²) < 4.78 is 7.89. The smallest absolute Gasteiger partial charge is 0.0980 e. The number of hydrogen-bond acceptors (Lipinski definition) is 2. The van der Waals surface area contributed by atoms with E-state index in [4.69, 9.17) is 4.74 Å². The number of imidazole rings is 1. The maximum atomic E-state index is 5.14. The van der Waals surface area contributed by atoms with Crippen LogP contribution in [0, 0.1) is 0 Å². The third-order valence-electron chi connectivity index (χ3n) is 1.13. The summed E-state index contributed by atoms with van der Waals surface area (Å²) in [4.78, 5) is 3.91. The predicted molar refractivity (Wildman–Crippen MR) is 47.1 cm³/mol. The summed E-state index contributed by atoms with van der Waals surface area (Å²) in [5.74, 6) is 0. The highest BCUT2D eigenvalue weighted by Gasteiger charge is 1.87. The Kier molecular flexibility index (Phi) is 3.74. The van der Waals surface area contributed by atoms with Crippen LogP contribution in [-0.4, -0.2) is 20.8 Å². The van der Waals surface area contributed by atoms with Gasteiger partial charge in [-0.25, -0.2) is 4.98 Å². The van der Waals surface area contributed by atoms with Crippen molar-refractivity contribution in [3.63, 3.8) is 0 Å². The third kappa shape index (κ3) is 2.66. The van der Waals surface area contributed by atoms with Crippen molar-refractivity contribution in [3.05, 3.63) is 18.7 Å². The lowest BCUT2D eigenvalue weighted by Gasteiger charge is -1.99. The van der Waals surface area contributed by atoms with Crippen LogP contribution in [0.1, 0.15) is 0 Å². The normalized spacial score (nSPS) is 10.1. The van der Waals surface area contributed by atoms with E-state index < -0.39 is 0 Å². The van der Waals surface area contributed by atoms with Gasteiger partial charge in [-0.05, 0) is 0 Å². The van der Waals surface area contributed by atoms with Crippen molar-refractivity contribution in [1.82, 2.24) is 9.55 Å². The lowest BCUT2D eigenvalue weighted by molar-refractivity contribution is 0.180. The van der Waals surface area contributed by atoms with Crippen molar-refractivity contribution >= 4 is 22.6 Å². The van der Waals surface area contributed by atoms with Crippen LogP contribution in [0.3, 0.4) is 0 Å². The van der Waals surface area contributed by atoms with Crippen LogP contribution in [-0.2, 0) is 11.3 Å². The molecule has 0 amide bonds. The Labute approximate surface area is 73.5 Å². The van der Waals surface area contributed by atoms with Gasteiger partial charge in [-0.3, -0.25) is 0 Å². The zero-order valence-corrected chi connectivity index (χ0v) is 7.69. The fourth-order valence-corrected chi connectivity index (χ4v) is 0.955. The summed E-state index contributed by atoms with van der Waals surface area (Å²) in [7, 11) is 0. The predicted octanol–water partition coefficient (Wildman–Crippen LogP) is 1.29. The van der Waals surface area contributed by atoms with Crippen LogP contribution in [0.4, 0.5) is 0 Å².